The van der Waals surface area contributed by atoms with Gasteiger partial charge in [0.1, 0.15) is 5.75 Å². The zero-order valence-electron chi connectivity index (χ0n) is 8.96. The molecule has 0 aliphatic rings. The van der Waals surface area contributed by atoms with Crippen molar-refractivity contribution < 1.29 is 17.9 Å². The fourth-order valence-electron chi connectivity index (χ4n) is 1.45. The Labute approximate surface area is 107 Å². The number of ether oxygens (including phenoxy) is 1. The summed E-state index contributed by atoms with van der Waals surface area (Å²) in [6, 6.07) is 13.4. The Hall–Kier alpha value is -1.68. The number of benzene rings is 2. The van der Waals surface area contributed by atoms with E-state index in [2.05, 4.69) is 10.8 Å². The van der Waals surface area contributed by atoms with Crippen LogP contribution in [0.25, 0.3) is 11.1 Å². The first kappa shape index (κ1) is 12.8. The number of halogens is 4. The van der Waals surface area contributed by atoms with Crippen molar-refractivity contribution in [3.63, 3.8) is 0 Å². The van der Waals surface area contributed by atoms with Crippen LogP contribution in [0.5, 0.6) is 5.75 Å². The molecule has 93 valence electrons. The van der Waals surface area contributed by atoms with E-state index in [0.29, 0.717) is 10.6 Å². The van der Waals surface area contributed by atoms with Gasteiger partial charge in [0.25, 0.3) is 0 Å². The van der Waals surface area contributed by atoms with Crippen LogP contribution in [0.1, 0.15) is 0 Å². The van der Waals surface area contributed by atoms with E-state index in [0.717, 1.165) is 5.56 Å². The number of alkyl halides is 3. The van der Waals surface area contributed by atoms with Crippen LogP contribution in [0.2, 0.25) is 5.02 Å². The van der Waals surface area contributed by atoms with Crippen LogP contribution in [0.3, 0.4) is 0 Å². The van der Waals surface area contributed by atoms with Crippen molar-refractivity contribution in [2.75, 3.05) is 0 Å². The van der Waals surface area contributed by atoms with Gasteiger partial charge in [-0.2, -0.15) is 0 Å². The van der Waals surface area contributed by atoms with Crippen LogP contribution in [-0.2, 0) is 0 Å². The molecule has 0 atom stereocenters. The van der Waals surface area contributed by atoms with Gasteiger partial charge < -0.3 is 4.74 Å². The quantitative estimate of drug-likeness (QED) is 0.769. The van der Waals surface area contributed by atoms with E-state index in [9.17, 15) is 13.2 Å². The van der Waals surface area contributed by atoms with Crippen molar-refractivity contribution in [3.05, 3.63) is 53.6 Å². The third kappa shape index (κ3) is 3.40. The first-order valence-corrected chi connectivity index (χ1v) is 5.35. The highest BCUT2D eigenvalue weighted by atomic mass is 35.5. The topological polar surface area (TPSA) is 9.23 Å². The lowest BCUT2D eigenvalue weighted by atomic mass is 10.1. The van der Waals surface area contributed by atoms with E-state index >= 15 is 0 Å². The summed E-state index contributed by atoms with van der Waals surface area (Å²) in [7, 11) is 0. The van der Waals surface area contributed by atoms with Crippen LogP contribution >= 0.6 is 11.6 Å². The van der Waals surface area contributed by atoms with E-state index in [1.807, 2.05) is 0 Å². The van der Waals surface area contributed by atoms with Gasteiger partial charge in [0.05, 0.1) is 0 Å². The average Bonchev–Trinajstić information content (AvgIpc) is 2.28. The Morgan fingerprint density at radius 1 is 1.00 bits per heavy atom. The second kappa shape index (κ2) is 4.90. The predicted molar refractivity (Wildman–Crippen MR) is 62.4 cm³/mol. The molecular weight excluding hydrogens is 265 g/mol. The predicted octanol–water partition coefficient (Wildman–Crippen LogP) is 4.71. The number of rotatable bonds is 2. The van der Waals surface area contributed by atoms with E-state index in [1.54, 1.807) is 30.3 Å². The maximum absolute atomic E-state index is 12.1. The van der Waals surface area contributed by atoms with Crippen LogP contribution in [0.15, 0.2) is 42.5 Å². The molecule has 0 N–H and O–H groups in total. The van der Waals surface area contributed by atoms with Gasteiger partial charge in [0, 0.05) is 11.1 Å². The Balaban J connectivity index is 2.29. The molecule has 0 heterocycles. The van der Waals surface area contributed by atoms with Crippen LogP contribution in [0.4, 0.5) is 13.2 Å². The minimum absolute atomic E-state index is 0.366. The lowest BCUT2D eigenvalue weighted by molar-refractivity contribution is -0.274. The molecule has 0 saturated carbocycles. The lowest BCUT2D eigenvalue weighted by Gasteiger charge is -2.09. The smallest absolute Gasteiger partial charge is 0.405 e. The van der Waals surface area contributed by atoms with Gasteiger partial charge in [0.15, 0.2) is 0 Å². The Morgan fingerprint density at radius 2 is 1.67 bits per heavy atom. The van der Waals surface area contributed by atoms with Gasteiger partial charge in [-0.15, -0.1) is 13.2 Å². The molecule has 0 aliphatic heterocycles. The van der Waals surface area contributed by atoms with Gasteiger partial charge in [-0.05, 0) is 35.4 Å². The minimum atomic E-state index is -4.71. The monoisotopic (exact) mass is 271 g/mol. The maximum atomic E-state index is 12.1. The van der Waals surface area contributed by atoms with Crippen LogP contribution in [0, 0.1) is 6.07 Å². The first-order chi connectivity index (χ1) is 8.44. The van der Waals surface area contributed by atoms with Gasteiger partial charge in [-0.25, -0.2) is 0 Å². The number of hydrogen-bond donors (Lipinski definition) is 0. The second-order valence-electron chi connectivity index (χ2n) is 3.50. The molecule has 0 unspecified atom stereocenters. The second-order valence-corrected chi connectivity index (χ2v) is 3.93. The molecule has 0 aromatic heterocycles. The van der Waals surface area contributed by atoms with Crippen molar-refractivity contribution in [1.82, 2.24) is 0 Å². The summed E-state index contributed by atoms with van der Waals surface area (Å²) < 4.78 is 40.0. The summed E-state index contributed by atoms with van der Waals surface area (Å²) in [6.07, 6.45) is -4.71. The molecule has 2 aromatic carbocycles. The molecule has 1 nitrogen and oxygen atoms in total. The summed E-state index contributed by atoms with van der Waals surface area (Å²) in [5.41, 5.74) is 1.35. The zero-order valence-corrected chi connectivity index (χ0v) is 9.72. The average molecular weight is 272 g/mol. The summed E-state index contributed by atoms with van der Waals surface area (Å²) in [5.74, 6) is -0.366. The SMILES string of the molecule is FC(F)(F)Oc1[c]ccc(-c2ccc(Cl)cc2)c1. The molecule has 18 heavy (non-hydrogen) atoms. The molecule has 0 bridgehead atoms. The van der Waals surface area contributed by atoms with Crippen molar-refractivity contribution in [2.24, 2.45) is 0 Å². The van der Waals surface area contributed by atoms with E-state index < -0.39 is 6.36 Å². The molecule has 0 spiro atoms. The summed E-state index contributed by atoms with van der Waals surface area (Å²) in [6.45, 7) is 0. The summed E-state index contributed by atoms with van der Waals surface area (Å²) in [4.78, 5) is 0. The molecule has 5 heteroatoms. The zero-order chi connectivity index (χ0) is 13.2. The Kier molecular flexibility index (Phi) is 3.48. The van der Waals surface area contributed by atoms with Crippen LogP contribution < -0.4 is 4.74 Å². The molecular formula is C13H7ClF3O. The van der Waals surface area contributed by atoms with Crippen molar-refractivity contribution in [3.8, 4) is 16.9 Å². The minimum Gasteiger partial charge on any atom is -0.405 e. The van der Waals surface area contributed by atoms with Gasteiger partial charge >= 0.3 is 6.36 Å². The normalized spacial score (nSPS) is 11.3. The molecule has 0 fully saturated rings. The van der Waals surface area contributed by atoms with Gasteiger partial charge in [-0.1, -0.05) is 29.8 Å². The van der Waals surface area contributed by atoms with E-state index in [4.69, 9.17) is 11.6 Å². The molecule has 0 aliphatic carbocycles. The van der Waals surface area contributed by atoms with Crippen molar-refractivity contribution in [2.45, 2.75) is 6.36 Å². The molecule has 2 rings (SSSR count). The van der Waals surface area contributed by atoms with Crippen LogP contribution in [-0.4, -0.2) is 6.36 Å². The molecule has 0 amide bonds. The highest BCUT2D eigenvalue weighted by molar-refractivity contribution is 6.30. The maximum Gasteiger partial charge on any atom is 0.573 e. The standard InChI is InChI=1S/C13H7ClF3O/c14-11-6-4-9(5-7-11)10-2-1-3-12(8-10)18-13(15,16)17/h1-2,4-8H. The molecule has 0 saturated heterocycles. The third-order valence-electron chi connectivity index (χ3n) is 2.18. The number of hydrogen-bond acceptors (Lipinski definition) is 1. The lowest BCUT2D eigenvalue weighted by Crippen LogP contribution is -2.17. The molecule has 1 radical (unpaired) electrons. The fourth-order valence-corrected chi connectivity index (χ4v) is 1.58. The summed E-state index contributed by atoms with van der Waals surface area (Å²) >= 11 is 5.74. The highest BCUT2D eigenvalue weighted by Gasteiger charge is 2.31. The Bertz CT molecular complexity index is 535. The first-order valence-electron chi connectivity index (χ1n) is 4.97. The van der Waals surface area contributed by atoms with E-state index in [-0.39, 0.29) is 5.75 Å². The largest absolute Gasteiger partial charge is 0.573 e. The van der Waals surface area contributed by atoms with Crippen molar-refractivity contribution >= 4 is 11.6 Å². The van der Waals surface area contributed by atoms with Gasteiger partial charge in [0.2, 0.25) is 0 Å². The van der Waals surface area contributed by atoms with E-state index in [1.165, 1.54) is 12.1 Å². The van der Waals surface area contributed by atoms with Gasteiger partial charge in [-0.3, -0.25) is 0 Å². The Morgan fingerprint density at radius 3 is 2.28 bits per heavy atom. The molecule has 2 aromatic rings. The fraction of sp³-hybridized carbons (Fsp3) is 0.0769. The third-order valence-corrected chi connectivity index (χ3v) is 2.43. The van der Waals surface area contributed by atoms with Crippen molar-refractivity contribution in [1.29, 1.82) is 0 Å². The summed E-state index contributed by atoms with van der Waals surface area (Å²) in [5, 5.41) is 0.563. The highest BCUT2D eigenvalue weighted by Crippen LogP contribution is 2.28.